The van der Waals surface area contributed by atoms with E-state index < -0.39 is 0 Å². The highest BCUT2D eigenvalue weighted by molar-refractivity contribution is 9.11. The Morgan fingerprint density at radius 2 is 2.46 bits per heavy atom. The first-order valence-corrected chi connectivity index (χ1v) is 4.97. The van der Waals surface area contributed by atoms with Crippen LogP contribution in [0.4, 0.5) is 11.1 Å². The highest BCUT2D eigenvalue weighted by atomic mass is 79.9. The van der Waals surface area contributed by atoms with E-state index in [9.17, 15) is 0 Å². The quantitative estimate of drug-likeness (QED) is 0.878. The van der Waals surface area contributed by atoms with Crippen LogP contribution in [0.25, 0.3) is 0 Å². The second-order valence-electron chi connectivity index (χ2n) is 2.20. The molecule has 6 nitrogen and oxygen atoms in total. The number of hydrogen-bond donors (Lipinski definition) is 1. The van der Waals surface area contributed by atoms with E-state index >= 15 is 0 Å². The molecular weight excluding hydrogens is 256 g/mol. The van der Waals surface area contributed by atoms with E-state index in [1.54, 1.807) is 13.2 Å². The molecule has 2 heterocycles. The van der Waals surface area contributed by atoms with Crippen molar-refractivity contribution in [3.8, 4) is 0 Å². The van der Waals surface area contributed by atoms with Gasteiger partial charge in [-0.3, -0.25) is 5.32 Å². The number of thiazole rings is 1. The number of anilines is 2. The van der Waals surface area contributed by atoms with Crippen molar-refractivity contribution >= 4 is 38.3 Å². The minimum atomic E-state index is 0.448. The van der Waals surface area contributed by atoms with Gasteiger partial charge in [0.1, 0.15) is 0 Å². The highest BCUT2D eigenvalue weighted by Gasteiger charge is 2.03. The molecule has 0 saturated heterocycles. The van der Waals surface area contributed by atoms with E-state index in [4.69, 9.17) is 0 Å². The van der Waals surface area contributed by atoms with Crippen LogP contribution in [0.5, 0.6) is 0 Å². The van der Waals surface area contributed by atoms with Crippen LogP contribution in [0.2, 0.25) is 0 Å². The van der Waals surface area contributed by atoms with Gasteiger partial charge in [-0.1, -0.05) is 16.4 Å². The maximum absolute atomic E-state index is 4.06. The zero-order chi connectivity index (χ0) is 9.26. The lowest BCUT2D eigenvalue weighted by atomic mass is 10.9. The maximum atomic E-state index is 4.06. The third kappa shape index (κ3) is 2.01. The average Bonchev–Trinajstić information content (AvgIpc) is 2.62. The van der Waals surface area contributed by atoms with Crippen LogP contribution in [-0.2, 0) is 7.05 Å². The second kappa shape index (κ2) is 3.38. The zero-order valence-electron chi connectivity index (χ0n) is 6.60. The van der Waals surface area contributed by atoms with Crippen molar-refractivity contribution in [1.29, 1.82) is 0 Å². The SMILES string of the molecule is Cn1nnc(Nc2ncc(Br)s2)n1. The lowest BCUT2D eigenvalue weighted by Gasteiger charge is -1.91. The summed E-state index contributed by atoms with van der Waals surface area (Å²) in [4.78, 5) is 5.44. The number of nitrogens with zero attached hydrogens (tertiary/aromatic N) is 5. The van der Waals surface area contributed by atoms with Gasteiger partial charge in [0.2, 0.25) is 0 Å². The van der Waals surface area contributed by atoms with Crippen LogP contribution in [0.3, 0.4) is 0 Å². The molecule has 0 aliphatic carbocycles. The summed E-state index contributed by atoms with van der Waals surface area (Å²) >= 11 is 4.77. The van der Waals surface area contributed by atoms with Crippen molar-refractivity contribution < 1.29 is 0 Å². The van der Waals surface area contributed by atoms with Crippen molar-refractivity contribution in [1.82, 2.24) is 25.2 Å². The monoisotopic (exact) mass is 260 g/mol. The van der Waals surface area contributed by atoms with Gasteiger partial charge in [0, 0.05) is 0 Å². The Morgan fingerprint density at radius 1 is 1.62 bits per heavy atom. The topological polar surface area (TPSA) is 68.5 Å². The third-order valence-electron chi connectivity index (χ3n) is 1.20. The molecule has 0 aliphatic rings. The Balaban J connectivity index is 2.14. The van der Waals surface area contributed by atoms with E-state index in [0.29, 0.717) is 5.95 Å². The molecule has 13 heavy (non-hydrogen) atoms. The molecule has 0 spiro atoms. The fourth-order valence-corrected chi connectivity index (χ4v) is 1.84. The van der Waals surface area contributed by atoms with Gasteiger partial charge in [-0.05, 0) is 21.1 Å². The minimum Gasteiger partial charge on any atom is -0.297 e. The molecule has 0 bridgehead atoms. The normalized spacial score (nSPS) is 10.3. The van der Waals surface area contributed by atoms with Gasteiger partial charge in [0.25, 0.3) is 5.95 Å². The first-order chi connectivity index (χ1) is 6.24. The molecular formula is C5H5BrN6S. The molecule has 0 radical (unpaired) electrons. The number of rotatable bonds is 2. The largest absolute Gasteiger partial charge is 0.297 e. The molecule has 0 saturated carbocycles. The summed E-state index contributed by atoms with van der Waals surface area (Å²) in [5, 5.41) is 15.0. The Labute approximate surface area is 86.1 Å². The summed E-state index contributed by atoms with van der Waals surface area (Å²) in [6.07, 6.45) is 1.71. The van der Waals surface area contributed by atoms with Crippen molar-refractivity contribution in [2.45, 2.75) is 0 Å². The van der Waals surface area contributed by atoms with Gasteiger partial charge < -0.3 is 0 Å². The van der Waals surface area contributed by atoms with E-state index in [1.807, 2.05) is 0 Å². The molecule has 0 aliphatic heterocycles. The standard InChI is InChI=1S/C5H5BrN6S/c1-12-10-4(9-11-12)8-5-7-2-3(6)13-5/h2H,1H3,(H,7,8,10). The molecule has 8 heteroatoms. The number of aryl methyl sites for hydroxylation is 1. The number of halogens is 1. The average molecular weight is 261 g/mol. The predicted molar refractivity (Wildman–Crippen MR) is 51.9 cm³/mol. The summed E-state index contributed by atoms with van der Waals surface area (Å²) in [6, 6.07) is 0. The van der Waals surface area contributed by atoms with E-state index in [-0.39, 0.29) is 0 Å². The molecule has 2 rings (SSSR count). The summed E-state index contributed by atoms with van der Waals surface area (Å²) in [7, 11) is 1.70. The predicted octanol–water partition coefficient (Wildman–Crippen LogP) is 1.17. The van der Waals surface area contributed by atoms with E-state index in [1.165, 1.54) is 16.1 Å². The number of aromatic nitrogens is 5. The lowest BCUT2D eigenvalue weighted by Crippen LogP contribution is -1.94. The Hall–Kier alpha value is -1.02. The fourth-order valence-electron chi connectivity index (χ4n) is 0.742. The second-order valence-corrected chi connectivity index (χ2v) is 4.61. The summed E-state index contributed by atoms with van der Waals surface area (Å²) in [6.45, 7) is 0. The van der Waals surface area contributed by atoms with Crippen molar-refractivity contribution in [3.05, 3.63) is 9.98 Å². The Morgan fingerprint density at radius 3 is 3.00 bits per heavy atom. The van der Waals surface area contributed by atoms with Crippen LogP contribution in [0.1, 0.15) is 0 Å². The van der Waals surface area contributed by atoms with Gasteiger partial charge in [-0.25, -0.2) is 4.98 Å². The highest BCUT2D eigenvalue weighted by Crippen LogP contribution is 2.24. The van der Waals surface area contributed by atoms with Gasteiger partial charge in [-0.15, -0.1) is 5.10 Å². The van der Waals surface area contributed by atoms with Crippen LogP contribution in [0, 0.1) is 0 Å². The van der Waals surface area contributed by atoms with Crippen LogP contribution >= 0.6 is 27.3 Å². The molecule has 1 N–H and O–H groups in total. The summed E-state index contributed by atoms with van der Waals surface area (Å²) in [5.41, 5.74) is 0. The Kier molecular flexibility index (Phi) is 2.23. The molecule has 0 aromatic carbocycles. The Bertz CT molecular complexity index is 370. The third-order valence-corrected chi connectivity index (χ3v) is 2.60. The summed E-state index contributed by atoms with van der Waals surface area (Å²) < 4.78 is 0.957. The van der Waals surface area contributed by atoms with Crippen LogP contribution < -0.4 is 5.32 Å². The number of tetrazole rings is 1. The summed E-state index contributed by atoms with van der Waals surface area (Å²) in [5.74, 6) is 0.448. The van der Waals surface area contributed by atoms with Gasteiger partial charge in [-0.2, -0.15) is 4.80 Å². The molecule has 2 aromatic heterocycles. The van der Waals surface area contributed by atoms with E-state index in [2.05, 4.69) is 41.6 Å². The number of hydrogen-bond acceptors (Lipinski definition) is 6. The fraction of sp³-hybridized carbons (Fsp3) is 0.200. The molecule has 0 amide bonds. The van der Waals surface area contributed by atoms with Gasteiger partial charge in [0.05, 0.1) is 17.0 Å². The first-order valence-electron chi connectivity index (χ1n) is 3.36. The molecule has 0 atom stereocenters. The van der Waals surface area contributed by atoms with Gasteiger partial charge >= 0.3 is 0 Å². The van der Waals surface area contributed by atoms with Crippen molar-refractivity contribution in [2.75, 3.05) is 5.32 Å². The van der Waals surface area contributed by atoms with E-state index in [0.717, 1.165) is 8.92 Å². The zero-order valence-corrected chi connectivity index (χ0v) is 9.00. The molecule has 0 fully saturated rings. The minimum absolute atomic E-state index is 0.448. The maximum Gasteiger partial charge on any atom is 0.269 e. The first kappa shape index (κ1) is 8.57. The lowest BCUT2D eigenvalue weighted by molar-refractivity contribution is 0.630. The molecule has 68 valence electrons. The van der Waals surface area contributed by atoms with Crippen molar-refractivity contribution in [2.24, 2.45) is 7.05 Å². The number of nitrogens with one attached hydrogen (secondary N) is 1. The molecule has 0 unspecified atom stereocenters. The van der Waals surface area contributed by atoms with Crippen LogP contribution in [-0.4, -0.2) is 25.2 Å². The smallest absolute Gasteiger partial charge is 0.269 e. The van der Waals surface area contributed by atoms with Crippen LogP contribution in [0.15, 0.2) is 9.98 Å². The molecule has 2 aromatic rings. The van der Waals surface area contributed by atoms with Gasteiger partial charge in [0.15, 0.2) is 5.13 Å². The van der Waals surface area contributed by atoms with Crippen molar-refractivity contribution in [3.63, 3.8) is 0 Å².